The summed E-state index contributed by atoms with van der Waals surface area (Å²) >= 11 is 0. The third-order valence-electron chi connectivity index (χ3n) is 2.61. The fourth-order valence-corrected chi connectivity index (χ4v) is 1.60. The van der Waals surface area contributed by atoms with Gasteiger partial charge in [0.1, 0.15) is 18.6 Å². The average Bonchev–Trinajstić information content (AvgIpc) is 2.45. The summed E-state index contributed by atoms with van der Waals surface area (Å²) in [4.78, 5) is 4.86. The maximum atomic E-state index is 12.7. The lowest BCUT2D eigenvalue weighted by Gasteiger charge is -2.08. The van der Waals surface area contributed by atoms with Crippen molar-refractivity contribution in [2.45, 2.75) is 12.8 Å². The quantitative estimate of drug-likeness (QED) is 0.469. The Kier molecular flexibility index (Phi) is 4.57. The minimum atomic E-state index is -4.48. The van der Waals surface area contributed by atoms with Crippen molar-refractivity contribution in [2.24, 2.45) is 5.16 Å². The molecule has 0 amide bonds. The SMILES string of the molecule is Fc1ccc(CO/N=[C]\c2ccccc2C(F)(F)F)cc1. The fourth-order valence-electron chi connectivity index (χ4n) is 1.60. The van der Waals surface area contributed by atoms with Crippen LogP contribution in [0, 0.1) is 5.82 Å². The first-order valence-electron chi connectivity index (χ1n) is 5.95. The van der Waals surface area contributed by atoms with E-state index in [1.54, 1.807) is 0 Å². The van der Waals surface area contributed by atoms with Crippen LogP contribution < -0.4 is 0 Å². The van der Waals surface area contributed by atoms with E-state index in [2.05, 4.69) is 11.4 Å². The molecular weight excluding hydrogens is 286 g/mol. The number of hydrogen-bond acceptors (Lipinski definition) is 2. The Hall–Kier alpha value is -2.37. The van der Waals surface area contributed by atoms with Crippen molar-refractivity contribution in [2.75, 3.05) is 0 Å². The van der Waals surface area contributed by atoms with Crippen LogP contribution in [0.5, 0.6) is 0 Å². The molecule has 0 aromatic heterocycles. The molecule has 21 heavy (non-hydrogen) atoms. The Morgan fingerprint density at radius 3 is 2.33 bits per heavy atom. The fraction of sp³-hybridized carbons (Fsp3) is 0.133. The van der Waals surface area contributed by atoms with Crippen LogP contribution in [0.2, 0.25) is 0 Å². The predicted molar refractivity (Wildman–Crippen MR) is 69.2 cm³/mol. The molecule has 0 bridgehead atoms. The summed E-state index contributed by atoms with van der Waals surface area (Å²) in [5.74, 6) is -0.382. The molecule has 0 saturated heterocycles. The zero-order valence-corrected chi connectivity index (χ0v) is 10.7. The maximum absolute atomic E-state index is 12.7. The standard InChI is InChI=1S/C15H10F4NO/c16-13-7-5-11(6-8-13)10-21-20-9-12-3-1-2-4-14(12)15(17,18)19/h1-8H,10H2. The maximum Gasteiger partial charge on any atom is 0.417 e. The minimum Gasteiger partial charge on any atom is -0.390 e. The number of benzene rings is 2. The van der Waals surface area contributed by atoms with Gasteiger partial charge in [0.25, 0.3) is 0 Å². The van der Waals surface area contributed by atoms with Crippen molar-refractivity contribution in [1.29, 1.82) is 0 Å². The van der Waals surface area contributed by atoms with E-state index < -0.39 is 11.7 Å². The topological polar surface area (TPSA) is 21.6 Å². The summed E-state index contributed by atoms with van der Waals surface area (Å²) in [6, 6.07) is 10.4. The van der Waals surface area contributed by atoms with E-state index in [1.807, 2.05) is 0 Å². The van der Waals surface area contributed by atoms with Crippen LogP contribution in [0.4, 0.5) is 17.6 Å². The van der Waals surface area contributed by atoms with Crippen molar-refractivity contribution in [1.82, 2.24) is 0 Å². The molecule has 6 heteroatoms. The molecule has 0 heterocycles. The van der Waals surface area contributed by atoms with E-state index in [0.717, 1.165) is 6.07 Å². The number of halogens is 4. The van der Waals surface area contributed by atoms with Crippen molar-refractivity contribution in [3.63, 3.8) is 0 Å². The molecule has 2 nitrogen and oxygen atoms in total. The second-order valence-electron chi connectivity index (χ2n) is 4.15. The molecule has 0 fully saturated rings. The zero-order chi connectivity index (χ0) is 15.3. The van der Waals surface area contributed by atoms with Gasteiger partial charge in [0.15, 0.2) is 0 Å². The molecule has 0 aliphatic heterocycles. The van der Waals surface area contributed by atoms with Crippen LogP contribution >= 0.6 is 0 Å². The van der Waals surface area contributed by atoms with Crippen LogP contribution in [0.1, 0.15) is 16.7 Å². The van der Waals surface area contributed by atoms with E-state index in [4.69, 9.17) is 4.84 Å². The van der Waals surface area contributed by atoms with Gasteiger partial charge in [0, 0.05) is 5.56 Å². The molecule has 0 saturated carbocycles. The van der Waals surface area contributed by atoms with Gasteiger partial charge in [0.2, 0.25) is 0 Å². The lowest BCUT2D eigenvalue weighted by Crippen LogP contribution is -2.08. The van der Waals surface area contributed by atoms with E-state index in [9.17, 15) is 17.6 Å². The highest BCUT2D eigenvalue weighted by Gasteiger charge is 2.32. The van der Waals surface area contributed by atoms with Gasteiger partial charge in [-0.15, -0.1) is 0 Å². The molecule has 2 aromatic rings. The molecule has 109 valence electrons. The molecule has 1 radical (unpaired) electrons. The molecule has 0 aliphatic carbocycles. The molecular formula is C15H10F4NO. The molecule has 0 unspecified atom stereocenters. The Labute approximate surface area is 118 Å². The van der Waals surface area contributed by atoms with E-state index in [1.165, 1.54) is 42.5 Å². The van der Waals surface area contributed by atoms with Crippen molar-refractivity contribution in [3.05, 3.63) is 71.0 Å². The van der Waals surface area contributed by atoms with Gasteiger partial charge in [-0.2, -0.15) is 13.2 Å². The van der Waals surface area contributed by atoms with Crippen molar-refractivity contribution >= 4 is 6.21 Å². The lowest BCUT2D eigenvalue weighted by atomic mass is 10.1. The summed E-state index contributed by atoms with van der Waals surface area (Å²) in [6.45, 7) is 0.0153. The molecule has 2 aromatic carbocycles. The Morgan fingerprint density at radius 1 is 1.00 bits per heavy atom. The summed E-state index contributed by atoms with van der Waals surface area (Å²) in [5, 5.41) is 3.39. The monoisotopic (exact) mass is 296 g/mol. The molecule has 0 aliphatic rings. The van der Waals surface area contributed by atoms with Gasteiger partial charge in [-0.05, 0) is 23.8 Å². The Balaban J connectivity index is 2.00. The molecule has 0 N–H and O–H groups in total. The third-order valence-corrected chi connectivity index (χ3v) is 2.61. The van der Waals surface area contributed by atoms with Gasteiger partial charge in [0.05, 0.1) is 5.56 Å². The lowest BCUT2D eigenvalue weighted by molar-refractivity contribution is -0.137. The first-order chi connectivity index (χ1) is 9.97. The second kappa shape index (κ2) is 6.39. The van der Waals surface area contributed by atoms with Gasteiger partial charge >= 0.3 is 6.18 Å². The number of hydrogen-bond donors (Lipinski definition) is 0. The normalized spacial score (nSPS) is 11.8. The average molecular weight is 296 g/mol. The Bertz CT molecular complexity index is 620. The minimum absolute atomic E-state index is 0.0153. The first-order valence-corrected chi connectivity index (χ1v) is 5.95. The van der Waals surface area contributed by atoms with E-state index in [0.29, 0.717) is 5.56 Å². The highest BCUT2D eigenvalue weighted by atomic mass is 19.4. The Morgan fingerprint density at radius 2 is 1.67 bits per heavy atom. The first kappa shape index (κ1) is 15.0. The van der Waals surface area contributed by atoms with E-state index >= 15 is 0 Å². The number of rotatable bonds is 4. The second-order valence-corrected chi connectivity index (χ2v) is 4.15. The summed E-state index contributed by atoms with van der Waals surface area (Å²) in [7, 11) is 0. The van der Waals surface area contributed by atoms with Crippen LogP contribution in [-0.2, 0) is 17.6 Å². The van der Waals surface area contributed by atoms with Crippen LogP contribution in [0.25, 0.3) is 0 Å². The highest BCUT2D eigenvalue weighted by molar-refractivity contribution is 5.81. The van der Waals surface area contributed by atoms with Gasteiger partial charge in [-0.25, -0.2) is 4.39 Å². The predicted octanol–water partition coefficient (Wildman–Crippen LogP) is 4.27. The van der Waals surface area contributed by atoms with Crippen LogP contribution in [0.3, 0.4) is 0 Å². The summed E-state index contributed by atoms with van der Waals surface area (Å²) in [5.41, 5.74) is -0.394. The zero-order valence-electron chi connectivity index (χ0n) is 10.7. The van der Waals surface area contributed by atoms with Crippen LogP contribution in [-0.4, -0.2) is 6.21 Å². The molecule has 0 atom stereocenters. The third kappa shape index (κ3) is 4.30. The molecule has 0 spiro atoms. The highest BCUT2D eigenvalue weighted by Crippen LogP contribution is 2.31. The number of nitrogens with zero attached hydrogens (tertiary/aromatic N) is 1. The number of alkyl halides is 3. The van der Waals surface area contributed by atoms with Crippen LogP contribution in [0.15, 0.2) is 53.7 Å². The smallest absolute Gasteiger partial charge is 0.390 e. The van der Waals surface area contributed by atoms with Crippen molar-refractivity contribution in [3.8, 4) is 0 Å². The van der Waals surface area contributed by atoms with Gasteiger partial charge < -0.3 is 4.84 Å². The summed E-state index contributed by atoms with van der Waals surface area (Å²) in [6.07, 6.45) is -2.27. The van der Waals surface area contributed by atoms with Gasteiger partial charge in [-0.3, -0.25) is 0 Å². The van der Waals surface area contributed by atoms with Gasteiger partial charge in [-0.1, -0.05) is 35.5 Å². The van der Waals surface area contributed by atoms with E-state index in [-0.39, 0.29) is 18.0 Å². The summed E-state index contributed by atoms with van der Waals surface area (Å²) < 4.78 is 50.8. The molecule has 2 rings (SSSR count). The van der Waals surface area contributed by atoms with Crippen molar-refractivity contribution < 1.29 is 22.4 Å². The largest absolute Gasteiger partial charge is 0.417 e.